The van der Waals surface area contributed by atoms with Crippen LogP contribution in [0.25, 0.3) is 0 Å². The summed E-state index contributed by atoms with van der Waals surface area (Å²) in [5, 5.41) is 17.1. The van der Waals surface area contributed by atoms with Crippen LogP contribution < -0.4 is 10.2 Å². The van der Waals surface area contributed by atoms with Crippen molar-refractivity contribution < 1.29 is 19.5 Å². The highest BCUT2D eigenvalue weighted by molar-refractivity contribution is 9.10. The molecule has 1 amide bonds. The van der Waals surface area contributed by atoms with E-state index < -0.39 is 5.91 Å². The molecule has 0 bridgehead atoms. The van der Waals surface area contributed by atoms with E-state index in [-0.39, 0.29) is 12.4 Å². The SMILES string of the molecule is COc1ccc(C=NOCC(=O)NN=Cc2cc(Br)ccc2O)cc1. The van der Waals surface area contributed by atoms with Gasteiger partial charge < -0.3 is 14.7 Å². The monoisotopic (exact) mass is 405 g/mol. The number of ether oxygens (including phenoxy) is 1. The molecule has 0 unspecified atom stereocenters. The molecular weight excluding hydrogens is 390 g/mol. The first kappa shape index (κ1) is 18.5. The topological polar surface area (TPSA) is 92.5 Å². The molecule has 0 aromatic heterocycles. The van der Waals surface area contributed by atoms with Crippen molar-refractivity contribution in [3.8, 4) is 11.5 Å². The molecule has 2 aromatic rings. The number of carbonyl (C=O) groups is 1. The summed E-state index contributed by atoms with van der Waals surface area (Å²) >= 11 is 3.28. The Hall–Kier alpha value is -2.87. The zero-order valence-corrected chi connectivity index (χ0v) is 14.9. The van der Waals surface area contributed by atoms with Crippen molar-refractivity contribution in [2.45, 2.75) is 0 Å². The van der Waals surface area contributed by atoms with Crippen LogP contribution in [-0.2, 0) is 9.63 Å². The van der Waals surface area contributed by atoms with Crippen molar-refractivity contribution in [2.75, 3.05) is 13.7 Å². The number of benzene rings is 2. The second kappa shape index (κ2) is 9.43. The van der Waals surface area contributed by atoms with Crippen LogP contribution in [-0.4, -0.2) is 37.2 Å². The van der Waals surface area contributed by atoms with Crippen LogP contribution >= 0.6 is 15.9 Å². The van der Waals surface area contributed by atoms with Gasteiger partial charge >= 0.3 is 0 Å². The highest BCUT2D eigenvalue weighted by atomic mass is 79.9. The third kappa shape index (κ3) is 6.27. The third-order valence-electron chi connectivity index (χ3n) is 2.97. The molecule has 0 fully saturated rings. The summed E-state index contributed by atoms with van der Waals surface area (Å²) in [6.45, 7) is -0.283. The second-order valence-corrected chi connectivity index (χ2v) is 5.69. The average Bonchev–Trinajstić information content (AvgIpc) is 2.62. The number of nitrogens with one attached hydrogen (secondary N) is 1. The first-order valence-corrected chi connectivity index (χ1v) is 7.97. The minimum atomic E-state index is -0.474. The maximum absolute atomic E-state index is 11.6. The molecule has 0 saturated heterocycles. The summed E-state index contributed by atoms with van der Waals surface area (Å²) in [5.41, 5.74) is 3.56. The Bertz CT molecular complexity index is 776. The van der Waals surface area contributed by atoms with E-state index in [4.69, 9.17) is 9.57 Å². The van der Waals surface area contributed by atoms with Crippen molar-refractivity contribution in [1.82, 2.24) is 5.43 Å². The van der Waals surface area contributed by atoms with Crippen LogP contribution in [0.4, 0.5) is 0 Å². The normalized spacial score (nSPS) is 11.0. The molecule has 0 aliphatic rings. The summed E-state index contributed by atoms with van der Waals surface area (Å²) in [4.78, 5) is 16.5. The van der Waals surface area contributed by atoms with Crippen LogP contribution in [0.1, 0.15) is 11.1 Å². The van der Waals surface area contributed by atoms with Gasteiger partial charge in [0.1, 0.15) is 11.5 Å². The number of hydrogen-bond donors (Lipinski definition) is 2. The quantitative estimate of drug-likeness (QED) is 0.546. The molecule has 25 heavy (non-hydrogen) atoms. The number of hydrogen-bond acceptors (Lipinski definition) is 6. The minimum absolute atomic E-state index is 0.0570. The number of methoxy groups -OCH3 is 1. The van der Waals surface area contributed by atoms with Crippen molar-refractivity contribution in [1.29, 1.82) is 0 Å². The fraction of sp³-hybridized carbons (Fsp3) is 0.118. The standard InChI is InChI=1S/C17H16BrN3O4/c1-24-15-5-2-12(3-6-15)9-20-25-11-17(23)21-19-10-13-8-14(18)4-7-16(13)22/h2-10,22H,11H2,1H3,(H,21,23). The minimum Gasteiger partial charge on any atom is -0.507 e. The van der Waals surface area contributed by atoms with Crippen LogP contribution in [0.2, 0.25) is 0 Å². The van der Waals surface area contributed by atoms with Gasteiger partial charge in [0.2, 0.25) is 0 Å². The molecule has 7 nitrogen and oxygen atoms in total. The van der Waals surface area contributed by atoms with Gasteiger partial charge in [-0.3, -0.25) is 4.79 Å². The van der Waals surface area contributed by atoms with Gasteiger partial charge in [0.15, 0.2) is 6.61 Å². The first-order chi connectivity index (χ1) is 12.1. The second-order valence-electron chi connectivity index (χ2n) is 4.78. The first-order valence-electron chi connectivity index (χ1n) is 7.18. The number of hydrazone groups is 1. The zero-order chi connectivity index (χ0) is 18.1. The van der Waals surface area contributed by atoms with Crippen LogP contribution in [0.15, 0.2) is 57.2 Å². The Kier molecular flexibility index (Phi) is 6.97. The van der Waals surface area contributed by atoms with Gasteiger partial charge in [-0.25, -0.2) is 5.43 Å². The summed E-state index contributed by atoms with van der Waals surface area (Å²) in [6.07, 6.45) is 2.81. The van der Waals surface area contributed by atoms with Gasteiger partial charge in [-0.15, -0.1) is 0 Å². The van der Waals surface area contributed by atoms with Crippen molar-refractivity contribution in [3.05, 3.63) is 58.1 Å². The molecule has 0 atom stereocenters. The van der Waals surface area contributed by atoms with Crippen LogP contribution in [0.5, 0.6) is 11.5 Å². The predicted molar refractivity (Wildman–Crippen MR) is 98.1 cm³/mol. The van der Waals surface area contributed by atoms with E-state index in [1.54, 1.807) is 43.5 Å². The highest BCUT2D eigenvalue weighted by Crippen LogP contribution is 2.19. The summed E-state index contributed by atoms with van der Waals surface area (Å²) in [5.74, 6) is 0.325. The molecule has 0 radical (unpaired) electrons. The molecule has 8 heteroatoms. The third-order valence-corrected chi connectivity index (χ3v) is 3.46. The fourth-order valence-electron chi connectivity index (χ4n) is 1.72. The molecule has 0 aliphatic heterocycles. The molecular formula is C17H16BrN3O4. The number of phenols is 1. The largest absolute Gasteiger partial charge is 0.507 e. The smallest absolute Gasteiger partial charge is 0.280 e. The molecule has 0 spiro atoms. The molecule has 0 heterocycles. The van der Waals surface area contributed by atoms with Crippen molar-refractivity contribution in [3.63, 3.8) is 0 Å². The van der Waals surface area contributed by atoms with Gasteiger partial charge in [-0.05, 0) is 48.0 Å². The summed E-state index contributed by atoms with van der Waals surface area (Å²) < 4.78 is 5.84. The van der Waals surface area contributed by atoms with Gasteiger partial charge in [0.05, 0.1) is 19.5 Å². The van der Waals surface area contributed by atoms with Crippen LogP contribution in [0, 0.1) is 0 Å². The Morgan fingerprint density at radius 3 is 2.72 bits per heavy atom. The average molecular weight is 406 g/mol. The Labute approximate surface area is 153 Å². The van der Waals surface area contributed by atoms with E-state index in [0.717, 1.165) is 15.8 Å². The predicted octanol–water partition coefficient (Wildman–Crippen LogP) is 2.66. The van der Waals surface area contributed by atoms with Crippen molar-refractivity contribution >= 4 is 34.3 Å². The van der Waals surface area contributed by atoms with Gasteiger partial charge in [-0.1, -0.05) is 21.1 Å². The lowest BCUT2D eigenvalue weighted by Gasteiger charge is -2.01. The zero-order valence-electron chi connectivity index (χ0n) is 13.3. The van der Waals surface area contributed by atoms with Crippen LogP contribution in [0.3, 0.4) is 0 Å². The number of carbonyl (C=O) groups excluding carboxylic acids is 1. The van der Waals surface area contributed by atoms with E-state index in [2.05, 4.69) is 31.6 Å². The number of phenolic OH excluding ortho intramolecular Hbond substituents is 1. The van der Waals surface area contributed by atoms with E-state index >= 15 is 0 Å². The Morgan fingerprint density at radius 1 is 1.24 bits per heavy atom. The maximum Gasteiger partial charge on any atom is 0.280 e. The summed E-state index contributed by atoms with van der Waals surface area (Å²) in [7, 11) is 1.59. The highest BCUT2D eigenvalue weighted by Gasteiger charge is 2.01. The van der Waals surface area contributed by atoms with E-state index in [1.165, 1.54) is 18.5 Å². The number of nitrogens with zero attached hydrogens (tertiary/aromatic N) is 2. The van der Waals surface area contributed by atoms with Gasteiger partial charge in [0, 0.05) is 10.0 Å². The maximum atomic E-state index is 11.6. The molecule has 2 aromatic carbocycles. The molecule has 130 valence electrons. The molecule has 2 N–H and O–H groups in total. The van der Waals surface area contributed by atoms with E-state index in [9.17, 15) is 9.90 Å². The van der Waals surface area contributed by atoms with E-state index in [1.807, 2.05) is 0 Å². The van der Waals surface area contributed by atoms with E-state index in [0.29, 0.717) is 5.56 Å². The number of oxime groups is 1. The molecule has 2 rings (SSSR count). The van der Waals surface area contributed by atoms with Gasteiger partial charge in [-0.2, -0.15) is 5.10 Å². The Morgan fingerprint density at radius 2 is 2.00 bits per heavy atom. The number of rotatable bonds is 7. The molecule has 0 saturated carbocycles. The van der Waals surface area contributed by atoms with Gasteiger partial charge in [0.25, 0.3) is 5.91 Å². The number of halogens is 1. The summed E-state index contributed by atoms with van der Waals surface area (Å²) in [6, 6.07) is 12.1. The van der Waals surface area contributed by atoms with Crippen molar-refractivity contribution in [2.24, 2.45) is 10.3 Å². The fourth-order valence-corrected chi connectivity index (χ4v) is 2.10. The Balaban J connectivity index is 1.75. The lowest BCUT2D eigenvalue weighted by molar-refractivity contribution is -0.125. The number of amides is 1. The molecule has 0 aliphatic carbocycles. The lowest BCUT2D eigenvalue weighted by Crippen LogP contribution is -2.22. The lowest BCUT2D eigenvalue weighted by atomic mass is 10.2. The number of aromatic hydroxyl groups is 1.